The van der Waals surface area contributed by atoms with E-state index in [1.165, 1.54) is 0 Å². The van der Waals surface area contributed by atoms with E-state index in [4.69, 9.17) is 23.2 Å². The number of hydrogen-bond donors (Lipinski definition) is 0. The first kappa shape index (κ1) is 10.8. The summed E-state index contributed by atoms with van der Waals surface area (Å²) >= 11 is 11.6. The summed E-state index contributed by atoms with van der Waals surface area (Å²) < 4.78 is 0. The summed E-state index contributed by atoms with van der Waals surface area (Å²) in [7, 11) is 0. The predicted octanol–water partition coefficient (Wildman–Crippen LogP) is 2.23. The van der Waals surface area contributed by atoms with Crippen LogP contribution in [-0.4, -0.2) is 34.8 Å². The Balaban J connectivity index is 2.68. The number of nitrogens with zero attached hydrogens (tertiary/aromatic N) is 3. The normalized spacial score (nSPS) is 17.5. The van der Waals surface area contributed by atoms with E-state index in [-0.39, 0.29) is 0 Å². The molecule has 0 atom stereocenters. The van der Waals surface area contributed by atoms with Crippen LogP contribution < -0.4 is 0 Å². The fourth-order valence-corrected chi connectivity index (χ4v) is 1.72. The Morgan fingerprint density at radius 1 is 1.46 bits per heavy atom. The van der Waals surface area contributed by atoms with Gasteiger partial charge in [0.1, 0.15) is 10.3 Å². The van der Waals surface area contributed by atoms with Gasteiger partial charge in [-0.05, 0) is 0 Å². The van der Waals surface area contributed by atoms with Crippen molar-refractivity contribution in [2.75, 3.05) is 19.6 Å². The minimum atomic E-state index is 0.433. The Hall–Kier alpha value is -0.250. The number of halogens is 2. The lowest BCUT2D eigenvalue weighted by Gasteiger charge is -2.33. The zero-order valence-corrected chi connectivity index (χ0v) is 9.31. The molecule has 0 saturated heterocycles. The van der Waals surface area contributed by atoms with Gasteiger partial charge < -0.3 is 5.01 Å². The molecule has 1 aliphatic rings. The number of aliphatic imine (C=N–C) groups is 1. The highest BCUT2D eigenvalue weighted by Gasteiger charge is 2.15. The van der Waals surface area contributed by atoms with E-state index >= 15 is 0 Å². The minimum Gasteiger partial charge on any atom is -0.303 e. The van der Waals surface area contributed by atoms with Crippen LogP contribution in [0.4, 0.5) is 0 Å². The van der Waals surface area contributed by atoms with Gasteiger partial charge in [0.15, 0.2) is 0 Å². The van der Waals surface area contributed by atoms with Gasteiger partial charge in [0, 0.05) is 13.1 Å². The smallest absolute Gasteiger partial charge is 0.147 e. The molecule has 1 heterocycles. The van der Waals surface area contributed by atoms with Crippen molar-refractivity contribution in [1.82, 2.24) is 10.0 Å². The van der Waals surface area contributed by atoms with Crippen molar-refractivity contribution in [3.8, 4) is 0 Å². The molecule has 0 N–H and O–H groups in total. The Kier molecular flexibility index (Phi) is 4.03. The summed E-state index contributed by atoms with van der Waals surface area (Å²) in [4.78, 5) is 3.92. The topological polar surface area (TPSA) is 18.8 Å². The second-order valence-corrected chi connectivity index (χ2v) is 3.50. The molecule has 74 valence electrons. The summed E-state index contributed by atoms with van der Waals surface area (Å²) in [6.45, 7) is 6.65. The summed E-state index contributed by atoms with van der Waals surface area (Å²) in [6.07, 6.45) is 1.79. The van der Waals surface area contributed by atoms with Crippen molar-refractivity contribution < 1.29 is 0 Å². The van der Waals surface area contributed by atoms with E-state index in [1.54, 1.807) is 6.20 Å². The van der Waals surface area contributed by atoms with Gasteiger partial charge in [-0.2, -0.15) is 0 Å². The minimum absolute atomic E-state index is 0.433. The first-order chi connectivity index (χ1) is 6.17. The van der Waals surface area contributed by atoms with Crippen molar-refractivity contribution in [1.29, 1.82) is 0 Å². The number of hydrogen-bond acceptors (Lipinski definition) is 3. The van der Waals surface area contributed by atoms with E-state index in [9.17, 15) is 0 Å². The van der Waals surface area contributed by atoms with Crippen LogP contribution in [0.2, 0.25) is 0 Å². The van der Waals surface area contributed by atoms with Crippen molar-refractivity contribution in [3.05, 3.63) is 11.4 Å². The molecule has 0 aromatic heterocycles. The second-order valence-electron chi connectivity index (χ2n) is 2.68. The third kappa shape index (κ3) is 2.86. The highest BCUT2D eigenvalue weighted by atomic mass is 35.5. The average molecular weight is 222 g/mol. The van der Waals surface area contributed by atoms with Gasteiger partial charge in [-0.1, -0.05) is 37.0 Å². The van der Waals surface area contributed by atoms with E-state index in [0.717, 1.165) is 13.1 Å². The fourth-order valence-electron chi connectivity index (χ4n) is 1.25. The van der Waals surface area contributed by atoms with Gasteiger partial charge in [0.25, 0.3) is 0 Å². The van der Waals surface area contributed by atoms with Gasteiger partial charge in [-0.15, -0.1) is 0 Å². The van der Waals surface area contributed by atoms with Gasteiger partial charge in [-0.3, -0.25) is 0 Å². The van der Waals surface area contributed by atoms with Crippen molar-refractivity contribution in [2.24, 2.45) is 4.99 Å². The molecule has 0 aromatic carbocycles. The molecule has 0 spiro atoms. The maximum Gasteiger partial charge on any atom is 0.147 e. The quantitative estimate of drug-likeness (QED) is 0.682. The number of hydrazine groups is 1. The summed E-state index contributed by atoms with van der Waals surface area (Å²) in [5.41, 5.74) is 0. The molecule has 5 heteroatoms. The van der Waals surface area contributed by atoms with E-state index in [1.807, 2.05) is 5.01 Å². The van der Waals surface area contributed by atoms with Crippen LogP contribution in [0.25, 0.3) is 0 Å². The van der Waals surface area contributed by atoms with Crippen molar-refractivity contribution in [3.63, 3.8) is 0 Å². The lowest BCUT2D eigenvalue weighted by molar-refractivity contribution is 0.0472. The Morgan fingerprint density at radius 2 is 2.08 bits per heavy atom. The Labute approximate surface area is 88.6 Å². The molecule has 0 aromatic rings. The molecule has 0 bridgehead atoms. The van der Waals surface area contributed by atoms with Crippen LogP contribution in [0.1, 0.15) is 13.8 Å². The first-order valence-corrected chi connectivity index (χ1v) is 5.04. The SMILES string of the molecule is CCN(CC)N1C=C(Cl)N=C(Cl)C1. The summed E-state index contributed by atoms with van der Waals surface area (Å²) in [5.74, 6) is 0. The van der Waals surface area contributed by atoms with Gasteiger partial charge in [-0.25, -0.2) is 10.0 Å². The predicted molar refractivity (Wildman–Crippen MR) is 56.9 cm³/mol. The summed E-state index contributed by atoms with van der Waals surface area (Å²) in [5, 5.41) is 5.08. The zero-order valence-electron chi connectivity index (χ0n) is 7.80. The molecule has 1 rings (SSSR count). The third-order valence-corrected chi connectivity index (χ3v) is 2.26. The molecule has 3 nitrogen and oxygen atoms in total. The highest BCUT2D eigenvalue weighted by Crippen LogP contribution is 2.15. The third-order valence-electron chi connectivity index (χ3n) is 1.87. The van der Waals surface area contributed by atoms with Crippen LogP contribution in [0, 0.1) is 0 Å². The lowest BCUT2D eigenvalue weighted by Crippen LogP contribution is -2.42. The first-order valence-electron chi connectivity index (χ1n) is 4.29. The molecular formula is C8H13Cl2N3. The zero-order chi connectivity index (χ0) is 9.84. The Bertz CT molecular complexity index is 234. The standard InChI is InChI=1S/C8H13Cl2N3/c1-3-12(4-2)13-5-7(9)11-8(10)6-13/h5H,3-4,6H2,1-2H3. The second kappa shape index (κ2) is 4.84. The van der Waals surface area contributed by atoms with Gasteiger partial charge in [0.05, 0.1) is 12.7 Å². The maximum absolute atomic E-state index is 5.82. The van der Waals surface area contributed by atoms with Crippen LogP contribution in [-0.2, 0) is 0 Å². The molecular weight excluding hydrogens is 209 g/mol. The van der Waals surface area contributed by atoms with E-state index in [2.05, 4.69) is 23.8 Å². The van der Waals surface area contributed by atoms with Crippen LogP contribution in [0.3, 0.4) is 0 Å². The van der Waals surface area contributed by atoms with Crippen LogP contribution in [0.15, 0.2) is 16.3 Å². The summed E-state index contributed by atoms with van der Waals surface area (Å²) in [6, 6.07) is 0. The van der Waals surface area contributed by atoms with Crippen molar-refractivity contribution >= 4 is 28.4 Å². The van der Waals surface area contributed by atoms with Crippen molar-refractivity contribution in [2.45, 2.75) is 13.8 Å². The van der Waals surface area contributed by atoms with Gasteiger partial charge in [0.2, 0.25) is 0 Å². The molecule has 0 unspecified atom stereocenters. The lowest BCUT2D eigenvalue weighted by atomic mass is 10.5. The Morgan fingerprint density at radius 3 is 2.54 bits per heavy atom. The van der Waals surface area contributed by atoms with E-state index in [0.29, 0.717) is 16.9 Å². The molecule has 0 radical (unpaired) electrons. The molecule has 0 saturated carbocycles. The molecule has 0 fully saturated rings. The molecule has 0 aliphatic carbocycles. The van der Waals surface area contributed by atoms with Crippen LogP contribution >= 0.6 is 23.2 Å². The largest absolute Gasteiger partial charge is 0.303 e. The molecule has 1 aliphatic heterocycles. The highest BCUT2D eigenvalue weighted by molar-refractivity contribution is 6.66. The van der Waals surface area contributed by atoms with Crippen LogP contribution in [0.5, 0.6) is 0 Å². The monoisotopic (exact) mass is 221 g/mol. The maximum atomic E-state index is 5.82. The number of rotatable bonds is 3. The fraction of sp³-hybridized carbons (Fsp3) is 0.625. The van der Waals surface area contributed by atoms with E-state index < -0.39 is 0 Å². The average Bonchev–Trinajstić information content (AvgIpc) is 2.04. The molecule has 13 heavy (non-hydrogen) atoms. The molecule has 0 amide bonds. The van der Waals surface area contributed by atoms with Gasteiger partial charge >= 0.3 is 0 Å².